The Labute approximate surface area is 113 Å². The molecule has 1 fully saturated rings. The van der Waals surface area contributed by atoms with Crippen molar-refractivity contribution in [3.8, 4) is 0 Å². The number of nitrogens with zero attached hydrogens (tertiary/aromatic N) is 3. The van der Waals surface area contributed by atoms with Gasteiger partial charge in [0.2, 0.25) is 0 Å². The van der Waals surface area contributed by atoms with Crippen molar-refractivity contribution >= 4 is 17.2 Å². The Hall–Kier alpha value is -0.940. The maximum absolute atomic E-state index is 12.1. The number of aromatic nitrogens is 1. The van der Waals surface area contributed by atoms with Crippen LogP contribution in [0.1, 0.15) is 37.2 Å². The second kappa shape index (κ2) is 6.29. The molecule has 18 heavy (non-hydrogen) atoms. The van der Waals surface area contributed by atoms with Crippen molar-refractivity contribution in [2.24, 2.45) is 0 Å². The van der Waals surface area contributed by atoms with Crippen molar-refractivity contribution in [2.75, 3.05) is 26.2 Å². The van der Waals surface area contributed by atoms with E-state index >= 15 is 0 Å². The standard InChI is InChI=1S/C13H21N3OS/c1-3-15(4-2)11-5-7-16(8-6-11)13(17)12-9-18-10-14-12/h9-11H,3-8H2,1-2H3. The molecule has 0 N–H and O–H groups in total. The molecule has 100 valence electrons. The molecule has 1 aliphatic rings. The first kappa shape index (κ1) is 13.5. The zero-order valence-corrected chi connectivity index (χ0v) is 11.9. The van der Waals surface area contributed by atoms with E-state index in [1.807, 2.05) is 10.3 Å². The van der Waals surface area contributed by atoms with E-state index in [0.29, 0.717) is 11.7 Å². The summed E-state index contributed by atoms with van der Waals surface area (Å²) in [6, 6.07) is 0.638. The van der Waals surface area contributed by atoms with Crippen LogP contribution < -0.4 is 0 Å². The normalized spacial score (nSPS) is 17.4. The van der Waals surface area contributed by atoms with E-state index in [4.69, 9.17) is 0 Å². The third-order valence-corrected chi connectivity index (χ3v) is 4.32. The summed E-state index contributed by atoms with van der Waals surface area (Å²) in [7, 11) is 0. The van der Waals surface area contributed by atoms with Gasteiger partial charge in [0.25, 0.3) is 5.91 Å². The number of carbonyl (C=O) groups is 1. The number of rotatable bonds is 4. The highest BCUT2D eigenvalue weighted by Crippen LogP contribution is 2.18. The quantitative estimate of drug-likeness (QED) is 0.838. The van der Waals surface area contributed by atoms with Gasteiger partial charge < -0.3 is 9.80 Å². The third kappa shape index (κ3) is 2.90. The van der Waals surface area contributed by atoms with E-state index < -0.39 is 0 Å². The molecule has 1 saturated heterocycles. The Morgan fingerprint density at radius 3 is 2.61 bits per heavy atom. The smallest absolute Gasteiger partial charge is 0.273 e. The number of likely N-dealkylation sites (tertiary alicyclic amines) is 1. The van der Waals surface area contributed by atoms with E-state index in [1.54, 1.807) is 5.51 Å². The number of thiazole rings is 1. The Bertz CT molecular complexity index is 368. The van der Waals surface area contributed by atoms with Gasteiger partial charge in [-0.1, -0.05) is 13.8 Å². The highest BCUT2D eigenvalue weighted by molar-refractivity contribution is 7.07. The molecule has 0 aromatic carbocycles. The van der Waals surface area contributed by atoms with Crippen LogP contribution in [0.25, 0.3) is 0 Å². The van der Waals surface area contributed by atoms with E-state index in [1.165, 1.54) is 11.3 Å². The Kier molecular flexibility index (Phi) is 4.72. The third-order valence-electron chi connectivity index (χ3n) is 3.73. The van der Waals surface area contributed by atoms with Crippen LogP contribution in [0.4, 0.5) is 0 Å². The number of piperidine rings is 1. The van der Waals surface area contributed by atoms with Crippen LogP contribution in [0, 0.1) is 0 Å². The zero-order valence-electron chi connectivity index (χ0n) is 11.1. The largest absolute Gasteiger partial charge is 0.337 e. The molecule has 5 heteroatoms. The number of carbonyl (C=O) groups excluding carboxylic acids is 1. The molecule has 0 atom stereocenters. The lowest BCUT2D eigenvalue weighted by Crippen LogP contribution is -2.46. The Morgan fingerprint density at radius 1 is 1.44 bits per heavy atom. The van der Waals surface area contributed by atoms with Gasteiger partial charge in [0.1, 0.15) is 5.69 Å². The van der Waals surface area contributed by atoms with E-state index in [9.17, 15) is 4.79 Å². The van der Waals surface area contributed by atoms with Crippen LogP contribution in [-0.4, -0.2) is 52.9 Å². The first-order chi connectivity index (χ1) is 8.76. The summed E-state index contributed by atoms with van der Waals surface area (Å²) in [6.07, 6.45) is 2.16. The molecule has 1 aliphatic heterocycles. The predicted octanol–water partition coefficient (Wildman–Crippen LogP) is 2.09. The summed E-state index contributed by atoms with van der Waals surface area (Å²) in [5.74, 6) is 0.0919. The molecule has 0 spiro atoms. The van der Waals surface area contributed by atoms with Gasteiger partial charge >= 0.3 is 0 Å². The second-order valence-electron chi connectivity index (χ2n) is 4.62. The monoisotopic (exact) mass is 267 g/mol. The van der Waals surface area contributed by atoms with Gasteiger partial charge in [-0.3, -0.25) is 4.79 Å². The van der Waals surface area contributed by atoms with Crippen LogP contribution in [0.5, 0.6) is 0 Å². The van der Waals surface area contributed by atoms with Gasteiger partial charge in [0, 0.05) is 24.5 Å². The van der Waals surface area contributed by atoms with Crippen molar-refractivity contribution in [3.63, 3.8) is 0 Å². The van der Waals surface area contributed by atoms with Crippen molar-refractivity contribution in [3.05, 3.63) is 16.6 Å². The molecule has 1 aromatic heterocycles. The second-order valence-corrected chi connectivity index (χ2v) is 5.34. The van der Waals surface area contributed by atoms with Crippen molar-refractivity contribution in [1.29, 1.82) is 0 Å². The molecule has 4 nitrogen and oxygen atoms in total. The topological polar surface area (TPSA) is 36.4 Å². The van der Waals surface area contributed by atoms with Gasteiger partial charge in [0.05, 0.1) is 5.51 Å². The van der Waals surface area contributed by atoms with Crippen molar-refractivity contribution < 1.29 is 4.79 Å². The van der Waals surface area contributed by atoms with Gasteiger partial charge in [0.15, 0.2) is 0 Å². The SMILES string of the molecule is CCN(CC)C1CCN(C(=O)c2cscn2)CC1. The summed E-state index contributed by atoms with van der Waals surface area (Å²) in [6.45, 7) is 8.32. The van der Waals surface area contributed by atoms with Gasteiger partial charge in [-0.05, 0) is 25.9 Å². The molecule has 2 heterocycles. The molecule has 0 radical (unpaired) electrons. The van der Waals surface area contributed by atoms with Crippen molar-refractivity contribution in [2.45, 2.75) is 32.7 Å². The van der Waals surface area contributed by atoms with Crippen molar-refractivity contribution in [1.82, 2.24) is 14.8 Å². The lowest BCUT2D eigenvalue weighted by molar-refractivity contribution is 0.0626. The first-order valence-corrected chi connectivity index (χ1v) is 7.62. The molecule has 0 bridgehead atoms. The van der Waals surface area contributed by atoms with Crippen LogP contribution in [0.3, 0.4) is 0 Å². The maximum atomic E-state index is 12.1. The summed E-state index contributed by atoms with van der Waals surface area (Å²) in [5.41, 5.74) is 2.32. The summed E-state index contributed by atoms with van der Waals surface area (Å²) < 4.78 is 0. The van der Waals surface area contributed by atoms with Crippen LogP contribution in [0.15, 0.2) is 10.9 Å². The fraction of sp³-hybridized carbons (Fsp3) is 0.692. The molecular formula is C13H21N3OS. The maximum Gasteiger partial charge on any atom is 0.273 e. The molecule has 0 saturated carbocycles. The minimum absolute atomic E-state index is 0.0919. The van der Waals surface area contributed by atoms with E-state index in [0.717, 1.165) is 39.0 Å². The fourth-order valence-corrected chi connectivity index (χ4v) is 3.18. The Morgan fingerprint density at radius 2 is 2.11 bits per heavy atom. The molecule has 0 unspecified atom stereocenters. The first-order valence-electron chi connectivity index (χ1n) is 6.67. The number of amides is 1. The number of hydrogen-bond acceptors (Lipinski definition) is 4. The molecule has 0 aliphatic carbocycles. The molecule has 1 amide bonds. The van der Waals surface area contributed by atoms with Crippen LogP contribution in [0.2, 0.25) is 0 Å². The average Bonchev–Trinajstić information content (AvgIpc) is 2.94. The molecular weight excluding hydrogens is 246 g/mol. The van der Waals surface area contributed by atoms with Gasteiger partial charge in [-0.2, -0.15) is 0 Å². The zero-order chi connectivity index (χ0) is 13.0. The average molecular weight is 267 g/mol. The fourth-order valence-electron chi connectivity index (χ4n) is 2.65. The van der Waals surface area contributed by atoms with Gasteiger partial charge in [-0.25, -0.2) is 4.98 Å². The minimum Gasteiger partial charge on any atom is -0.337 e. The Balaban J connectivity index is 1.89. The van der Waals surface area contributed by atoms with Crippen LogP contribution in [-0.2, 0) is 0 Å². The lowest BCUT2D eigenvalue weighted by atomic mass is 10.0. The highest BCUT2D eigenvalue weighted by Gasteiger charge is 2.26. The number of hydrogen-bond donors (Lipinski definition) is 0. The molecule has 1 aromatic rings. The van der Waals surface area contributed by atoms with Crippen LogP contribution >= 0.6 is 11.3 Å². The van der Waals surface area contributed by atoms with Gasteiger partial charge in [-0.15, -0.1) is 11.3 Å². The lowest BCUT2D eigenvalue weighted by Gasteiger charge is -2.37. The highest BCUT2D eigenvalue weighted by atomic mass is 32.1. The molecule has 2 rings (SSSR count). The van der Waals surface area contributed by atoms with E-state index in [2.05, 4.69) is 23.7 Å². The summed E-state index contributed by atoms with van der Waals surface area (Å²) >= 11 is 1.48. The summed E-state index contributed by atoms with van der Waals surface area (Å²) in [5, 5.41) is 1.83. The van der Waals surface area contributed by atoms with E-state index in [-0.39, 0.29) is 5.91 Å². The predicted molar refractivity (Wildman–Crippen MR) is 74.0 cm³/mol. The minimum atomic E-state index is 0.0919. The summed E-state index contributed by atoms with van der Waals surface area (Å²) in [4.78, 5) is 20.7.